The van der Waals surface area contributed by atoms with E-state index < -0.39 is 11.7 Å². The van der Waals surface area contributed by atoms with E-state index in [1.807, 2.05) is 0 Å². The van der Waals surface area contributed by atoms with Gasteiger partial charge in [-0.2, -0.15) is 13.2 Å². The van der Waals surface area contributed by atoms with Crippen LogP contribution in [0.2, 0.25) is 0 Å². The van der Waals surface area contributed by atoms with Gasteiger partial charge < -0.3 is 10.1 Å². The topological polar surface area (TPSA) is 21.3 Å². The molecule has 0 saturated carbocycles. The fourth-order valence-electron chi connectivity index (χ4n) is 2.26. The van der Waals surface area contributed by atoms with Crippen molar-refractivity contribution in [1.82, 2.24) is 5.32 Å². The van der Waals surface area contributed by atoms with Gasteiger partial charge in [0.05, 0.1) is 12.7 Å². The maximum Gasteiger partial charge on any atom is 0.417 e. The summed E-state index contributed by atoms with van der Waals surface area (Å²) in [4.78, 5) is 0. The van der Waals surface area contributed by atoms with Gasteiger partial charge in [0.25, 0.3) is 0 Å². The van der Waals surface area contributed by atoms with Gasteiger partial charge in [-0.3, -0.25) is 0 Å². The summed E-state index contributed by atoms with van der Waals surface area (Å²) in [5.41, 5.74) is 0.874. The van der Waals surface area contributed by atoms with Gasteiger partial charge in [-0.15, -0.1) is 0 Å². The van der Waals surface area contributed by atoms with Crippen molar-refractivity contribution in [3.63, 3.8) is 0 Å². The van der Waals surface area contributed by atoms with Gasteiger partial charge in [-0.25, -0.2) is 0 Å². The molecule has 0 atom stereocenters. The number of halogens is 3. The zero-order valence-corrected chi connectivity index (χ0v) is 11.8. The average Bonchev–Trinajstić information content (AvgIpc) is 2.46. The van der Waals surface area contributed by atoms with Crippen LogP contribution in [-0.2, 0) is 12.7 Å². The molecule has 0 bridgehead atoms. The van der Waals surface area contributed by atoms with Crippen LogP contribution in [-0.4, -0.2) is 14.2 Å². The van der Waals surface area contributed by atoms with Gasteiger partial charge in [0.1, 0.15) is 5.75 Å². The van der Waals surface area contributed by atoms with E-state index in [1.54, 1.807) is 31.3 Å². The van der Waals surface area contributed by atoms with Crippen molar-refractivity contribution in [2.45, 2.75) is 12.7 Å². The molecule has 2 rings (SSSR count). The van der Waals surface area contributed by atoms with Crippen LogP contribution in [0.4, 0.5) is 13.2 Å². The number of methoxy groups -OCH3 is 1. The van der Waals surface area contributed by atoms with Crippen LogP contribution >= 0.6 is 0 Å². The number of nitrogens with one attached hydrogen (secondary N) is 1. The lowest BCUT2D eigenvalue weighted by molar-refractivity contribution is -0.137. The molecule has 2 aromatic rings. The molecule has 1 N–H and O–H groups in total. The molecule has 0 fully saturated rings. The Morgan fingerprint density at radius 3 is 2.43 bits per heavy atom. The highest BCUT2D eigenvalue weighted by Crippen LogP contribution is 2.38. The first-order chi connectivity index (χ1) is 9.97. The molecule has 0 aromatic heterocycles. The van der Waals surface area contributed by atoms with E-state index in [1.165, 1.54) is 19.2 Å². The highest BCUT2D eigenvalue weighted by atomic mass is 19.4. The second-order valence-electron chi connectivity index (χ2n) is 4.60. The zero-order valence-electron chi connectivity index (χ0n) is 11.8. The maximum absolute atomic E-state index is 13.1. The Kier molecular flexibility index (Phi) is 4.53. The Bertz CT molecular complexity index is 623. The molecule has 0 heterocycles. The Balaban J connectivity index is 2.55. The molecule has 21 heavy (non-hydrogen) atoms. The lowest BCUT2D eigenvalue weighted by atomic mass is 9.97. The van der Waals surface area contributed by atoms with Crippen LogP contribution in [0.5, 0.6) is 5.75 Å². The van der Waals surface area contributed by atoms with E-state index in [4.69, 9.17) is 4.74 Å². The molecular formula is C16H16F3NO. The molecule has 0 unspecified atom stereocenters. The first kappa shape index (κ1) is 15.4. The summed E-state index contributed by atoms with van der Waals surface area (Å²) in [6, 6.07) is 10.6. The molecule has 2 aromatic carbocycles. The van der Waals surface area contributed by atoms with Gasteiger partial charge in [0.2, 0.25) is 0 Å². The minimum atomic E-state index is -4.38. The van der Waals surface area contributed by atoms with Crippen LogP contribution in [0.15, 0.2) is 42.5 Å². The van der Waals surface area contributed by atoms with Gasteiger partial charge in [0.15, 0.2) is 0 Å². The Labute approximate surface area is 121 Å². The third kappa shape index (κ3) is 3.36. The summed E-state index contributed by atoms with van der Waals surface area (Å²) in [6.07, 6.45) is -4.38. The Morgan fingerprint density at radius 1 is 1.10 bits per heavy atom. The third-order valence-electron chi connectivity index (χ3n) is 3.19. The molecule has 112 valence electrons. The van der Waals surface area contributed by atoms with E-state index in [0.717, 1.165) is 11.6 Å². The lowest BCUT2D eigenvalue weighted by Gasteiger charge is -2.15. The van der Waals surface area contributed by atoms with Crippen LogP contribution in [0, 0.1) is 0 Å². The molecule has 0 aliphatic heterocycles. The van der Waals surface area contributed by atoms with Crippen molar-refractivity contribution in [3.8, 4) is 16.9 Å². The van der Waals surface area contributed by atoms with E-state index in [2.05, 4.69) is 5.32 Å². The average molecular weight is 295 g/mol. The van der Waals surface area contributed by atoms with Gasteiger partial charge in [0, 0.05) is 12.1 Å². The van der Waals surface area contributed by atoms with Crippen LogP contribution < -0.4 is 10.1 Å². The first-order valence-corrected chi connectivity index (χ1v) is 6.45. The summed E-state index contributed by atoms with van der Waals surface area (Å²) in [6.45, 7) is 0.519. The maximum atomic E-state index is 13.1. The quantitative estimate of drug-likeness (QED) is 0.917. The fraction of sp³-hybridized carbons (Fsp3) is 0.250. The summed E-state index contributed by atoms with van der Waals surface area (Å²) in [5.74, 6) is 0.651. The summed E-state index contributed by atoms with van der Waals surface area (Å²) < 4.78 is 44.5. The van der Waals surface area contributed by atoms with Crippen molar-refractivity contribution >= 4 is 0 Å². The molecule has 0 radical (unpaired) electrons. The lowest BCUT2D eigenvalue weighted by Crippen LogP contribution is -2.08. The minimum Gasteiger partial charge on any atom is -0.496 e. The predicted molar refractivity (Wildman–Crippen MR) is 76.2 cm³/mol. The number of benzene rings is 2. The van der Waals surface area contributed by atoms with Gasteiger partial charge in [-0.1, -0.05) is 24.3 Å². The van der Waals surface area contributed by atoms with Crippen molar-refractivity contribution in [3.05, 3.63) is 53.6 Å². The molecule has 0 amide bonds. The van der Waals surface area contributed by atoms with Crippen molar-refractivity contribution in [1.29, 1.82) is 0 Å². The van der Waals surface area contributed by atoms with Gasteiger partial charge in [-0.05, 0) is 36.4 Å². The normalized spacial score (nSPS) is 11.5. The summed E-state index contributed by atoms with van der Waals surface area (Å²) >= 11 is 0. The van der Waals surface area contributed by atoms with E-state index in [0.29, 0.717) is 17.9 Å². The standard InChI is InChI=1S/C16H16F3NO/c1-20-10-12-9-11(7-8-15(12)21-2)13-5-3-4-6-14(13)16(17,18)19/h3-9,20H,10H2,1-2H3. The van der Waals surface area contributed by atoms with Crippen LogP contribution in [0.25, 0.3) is 11.1 Å². The van der Waals surface area contributed by atoms with Crippen molar-refractivity contribution in [2.24, 2.45) is 0 Å². The Morgan fingerprint density at radius 2 is 1.81 bits per heavy atom. The zero-order chi connectivity index (χ0) is 15.5. The number of ether oxygens (including phenoxy) is 1. The van der Waals surface area contributed by atoms with Crippen LogP contribution in [0.3, 0.4) is 0 Å². The monoisotopic (exact) mass is 295 g/mol. The summed E-state index contributed by atoms with van der Waals surface area (Å²) in [5, 5.41) is 2.98. The molecule has 0 aliphatic rings. The Hall–Kier alpha value is -2.01. The minimum absolute atomic E-state index is 0.171. The SMILES string of the molecule is CNCc1cc(-c2ccccc2C(F)(F)F)ccc1OC. The molecule has 0 saturated heterocycles. The second kappa shape index (κ2) is 6.18. The molecular weight excluding hydrogens is 279 g/mol. The molecule has 5 heteroatoms. The second-order valence-corrected chi connectivity index (χ2v) is 4.60. The molecule has 0 aliphatic carbocycles. The number of alkyl halides is 3. The largest absolute Gasteiger partial charge is 0.496 e. The number of hydrogen-bond donors (Lipinski definition) is 1. The van der Waals surface area contributed by atoms with Crippen molar-refractivity contribution in [2.75, 3.05) is 14.2 Å². The van der Waals surface area contributed by atoms with Crippen LogP contribution in [0.1, 0.15) is 11.1 Å². The third-order valence-corrected chi connectivity index (χ3v) is 3.19. The molecule has 0 spiro atoms. The fourth-order valence-corrected chi connectivity index (χ4v) is 2.26. The predicted octanol–water partition coefficient (Wildman–Crippen LogP) is 4.10. The van der Waals surface area contributed by atoms with E-state index in [9.17, 15) is 13.2 Å². The van der Waals surface area contributed by atoms with Gasteiger partial charge >= 0.3 is 6.18 Å². The first-order valence-electron chi connectivity index (χ1n) is 6.45. The van der Waals surface area contributed by atoms with E-state index in [-0.39, 0.29) is 5.56 Å². The highest BCUT2D eigenvalue weighted by molar-refractivity contribution is 5.69. The van der Waals surface area contributed by atoms with E-state index >= 15 is 0 Å². The molecule has 2 nitrogen and oxygen atoms in total. The summed E-state index contributed by atoms with van der Waals surface area (Å²) in [7, 11) is 3.31. The highest BCUT2D eigenvalue weighted by Gasteiger charge is 2.33. The number of rotatable bonds is 4. The smallest absolute Gasteiger partial charge is 0.417 e. The van der Waals surface area contributed by atoms with Crippen molar-refractivity contribution < 1.29 is 17.9 Å². The number of hydrogen-bond acceptors (Lipinski definition) is 2.